The average molecular weight is 481 g/mol. The second kappa shape index (κ2) is 11.3. The molecule has 0 aliphatic carbocycles. The first-order valence-electron chi connectivity index (χ1n) is 8.74. The number of ether oxygens (including phenoxy) is 1. The van der Waals surface area contributed by atoms with Gasteiger partial charge in [-0.05, 0) is 6.42 Å². The topological polar surface area (TPSA) is 75.8 Å². The second-order valence-electron chi connectivity index (χ2n) is 7.13. The number of hydrogen-bond acceptors (Lipinski definition) is 5. The van der Waals surface area contributed by atoms with Crippen LogP contribution in [0.1, 0.15) is 37.9 Å². The first kappa shape index (κ1) is 22.6. The van der Waals surface area contributed by atoms with Gasteiger partial charge in [-0.3, -0.25) is 9.89 Å². The van der Waals surface area contributed by atoms with Gasteiger partial charge < -0.3 is 15.8 Å². The number of aliphatic imine (C=N–C) groups is 1. The standard InChI is InChI=1S/C17H31N5OS.HI/c1-17(2,3)14-13-24-15(21-14)5-7-20-16(18)19-6-4-8-22-9-11-23-12-10-22;/h13H,4-12H2,1-3H3,(H3,18,19,20);1H. The summed E-state index contributed by atoms with van der Waals surface area (Å²) >= 11 is 1.72. The van der Waals surface area contributed by atoms with E-state index < -0.39 is 0 Å². The van der Waals surface area contributed by atoms with Gasteiger partial charge >= 0.3 is 0 Å². The van der Waals surface area contributed by atoms with Crippen molar-refractivity contribution in [2.75, 3.05) is 45.9 Å². The summed E-state index contributed by atoms with van der Waals surface area (Å²) in [6, 6.07) is 0. The monoisotopic (exact) mass is 481 g/mol. The first-order valence-corrected chi connectivity index (χ1v) is 9.62. The minimum atomic E-state index is 0. The van der Waals surface area contributed by atoms with Crippen molar-refractivity contribution in [3.8, 4) is 0 Å². The van der Waals surface area contributed by atoms with E-state index in [4.69, 9.17) is 10.5 Å². The van der Waals surface area contributed by atoms with Crippen LogP contribution in [0.2, 0.25) is 0 Å². The zero-order valence-electron chi connectivity index (χ0n) is 15.6. The van der Waals surface area contributed by atoms with E-state index in [0.717, 1.165) is 69.5 Å². The Morgan fingerprint density at radius 1 is 1.40 bits per heavy atom. The average Bonchev–Trinajstić information content (AvgIpc) is 3.02. The molecule has 1 fully saturated rings. The zero-order chi connectivity index (χ0) is 17.4. The highest BCUT2D eigenvalue weighted by Crippen LogP contribution is 2.23. The minimum Gasteiger partial charge on any atom is -0.379 e. The molecule has 144 valence electrons. The number of thiazole rings is 1. The van der Waals surface area contributed by atoms with Crippen LogP contribution in [-0.4, -0.2) is 61.8 Å². The van der Waals surface area contributed by atoms with E-state index in [2.05, 4.69) is 46.3 Å². The lowest BCUT2D eigenvalue weighted by atomic mass is 9.93. The van der Waals surface area contributed by atoms with Gasteiger partial charge in [0.05, 0.1) is 23.9 Å². The van der Waals surface area contributed by atoms with Crippen LogP contribution in [0.25, 0.3) is 0 Å². The number of halogens is 1. The van der Waals surface area contributed by atoms with Gasteiger partial charge in [-0.15, -0.1) is 35.3 Å². The number of aromatic nitrogens is 1. The molecule has 1 saturated heterocycles. The fraction of sp³-hybridized carbons (Fsp3) is 0.765. The molecule has 0 unspecified atom stereocenters. The molecule has 0 spiro atoms. The molecule has 1 aliphatic heterocycles. The smallest absolute Gasteiger partial charge is 0.188 e. The van der Waals surface area contributed by atoms with Crippen molar-refractivity contribution in [1.29, 1.82) is 0 Å². The lowest BCUT2D eigenvalue weighted by Gasteiger charge is -2.26. The molecule has 0 amide bonds. The summed E-state index contributed by atoms with van der Waals surface area (Å²) in [6.07, 6.45) is 1.91. The van der Waals surface area contributed by atoms with Gasteiger partial charge in [0, 0.05) is 49.9 Å². The molecule has 0 atom stereocenters. The van der Waals surface area contributed by atoms with E-state index in [0.29, 0.717) is 5.96 Å². The quantitative estimate of drug-likeness (QED) is 0.271. The maximum absolute atomic E-state index is 5.92. The Labute approximate surface area is 172 Å². The van der Waals surface area contributed by atoms with Gasteiger partial charge in [-0.1, -0.05) is 20.8 Å². The number of morpholine rings is 1. The van der Waals surface area contributed by atoms with E-state index in [9.17, 15) is 0 Å². The molecule has 1 aliphatic rings. The summed E-state index contributed by atoms with van der Waals surface area (Å²) in [5.74, 6) is 0.532. The summed E-state index contributed by atoms with van der Waals surface area (Å²) in [6.45, 7) is 12.9. The highest BCUT2D eigenvalue weighted by molar-refractivity contribution is 14.0. The highest BCUT2D eigenvalue weighted by Gasteiger charge is 2.17. The molecule has 2 rings (SSSR count). The van der Waals surface area contributed by atoms with Crippen LogP contribution in [0.5, 0.6) is 0 Å². The number of hydrogen-bond donors (Lipinski definition) is 2. The van der Waals surface area contributed by atoms with Crippen LogP contribution in [0.4, 0.5) is 0 Å². The van der Waals surface area contributed by atoms with Gasteiger partial charge in [0.25, 0.3) is 0 Å². The number of nitrogens with one attached hydrogen (secondary N) is 1. The van der Waals surface area contributed by atoms with Gasteiger partial charge in [0.15, 0.2) is 5.96 Å². The molecule has 2 heterocycles. The van der Waals surface area contributed by atoms with Gasteiger partial charge in [0.2, 0.25) is 0 Å². The van der Waals surface area contributed by atoms with E-state index in [1.54, 1.807) is 11.3 Å². The molecule has 25 heavy (non-hydrogen) atoms. The van der Waals surface area contributed by atoms with E-state index in [-0.39, 0.29) is 29.4 Å². The Morgan fingerprint density at radius 2 is 2.12 bits per heavy atom. The van der Waals surface area contributed by atoms with Crippen molar-refractivity contribution in [2.45, 2.75) is 39.0 Å². The zero-order valence-corrected chi connectivity index (χ0v) is 18.7. The third kappa shape index (κ3) is 8.65. The highest BCUT2D eigenvalue weighted by atomic mass is 127. The summed E-state index contributed by atoms with van der Waals surface area (Å²) in [5.41, 5.74) is 7.19. The molecular weight excluding hydrogens is 449 g/mol. The van der Waals surface area contributed by atoms with Crippen LogP contribution in [-0.2, 0) is 16.6 Å². The third-order valence-corrected chi connectivity index (χ3v) is 4.89. The Bertz CT molecular complexity index is 523. The molecular formula is C17H32IN5OS. The molecule has 8 heteroatoms. The van der Waals surface area contributed by atoms with Gasteiger partial charge in [0.1, 0.15) is 0 Å². The summed E-state index contributed by atoms with van der Waals surface area (Å²) in [4.78, 5) is 11.5. The van der Waals surface area contributed by atoms with E-state index >= 15 is 0 Å². The summed E-state index contributed by atoms with van der Waals surface area (Å²) < 4.78 is 5.34. The minimum absolute atomic E-state index is 0. The van der Waals surface area contributed by atoms with Crippen molar-refractivity contribution in [2.24, 2.45) is 10.7 Å². The molecule has 6 nitrogen and oxygen atoms in total. The number of nitrogens with zero attached hydrogens (tertiary/aromatic N) is 3. The Morgan fingerprint density at radius 3 is 2.76 bits per heavy atom. The van der Waals surface area contributed by atoms with Crippen molar-refractivity contribution in [3.05, 3.63) is 16.1 Å². The largest absolute Gasteiger partial charge is 0.379 e. The molecule has 3 N–H and O–H groups in total. The number of rotatable bonds is 7. The SMILES string of the molecule is CC(C)(C)c1csc(CCNC(N)=NCCCN2CCOCC2)n1.I. The predicted octanol–water partition coefficient (Wildman–Crippen LogP) is 2.23. The Balaban J connectivity index is 0.00000312. The van der Waals surface area contributed by atoms with Gasteiger partial charge in [-0.25, -0.2) is 4.98 Å². The Hall–Kier alpha value is -0.450. The maximum atomic E-state index is 5.92. The van der Waals surface area contributed by atoms with Crippen molar-refractivity contribution in [3.63, 3.8) is 0 Å². The van der Waals surface area contributed by atoms with Crippen LogP contribution >= 0.6 is 35.3 Å². The lowest BCUT2D eigenvalue weighted by molar-refractivity contribution is 0.0377. The van der Waals surface area contributed by atoms with E-state index in [1.165, 1.54) is 0 Å². The molecule has 1 aromatic heterocycles. The van der Waals surface area contributed by atoms with E-state index in [1.807, 2.05) is 0 Å². The predicted molar refractivity (Wildman–Crippen MR) is 116 cm³/mol. The molecule has 0 aromatic carbocycles. The molecule has 0 saturated carbocycles. The van der Waals surface area contributed by atoms with Crippen molar-refractivity contribution < 1.29 is 4.74 Å². The third-order valence-electron chi connectivity index (χ3n) is 3.98. The normalized spacial score (nSPS) is 16.5. The van der Waals surface area contributed by atoms with Crippen molar-refractivity contribution in [1.82, 2.24) is 15.2 Å². The van der Waals surface area contributed by atoms with Crippen LogP contribution in [0.3, 0.4) is 0 Å². The summed E-state index contributed by atoms with van der Waals surface area (Å²) in [7, 11) is 0. The number of guanidine groups is 1. The Kier molecular flexibility index (Phi) is 10.2. The molecule has 0 bridgehead atoms. The van der Waals surface area contributed by atoms with Gasteiger partial charge in [-0.2, -0.15) is 0 Å². The first-order chi connectivity index (χ1) is 11.4. The maximum Gasteiger partial charge on any atom is 0.188 e. The molecule has 0 radical (unpaired) electrons. The molecule has 1 aromatic rings. The summed E-state index contributed by atoms with van der Waals surface area (Å²) in [5, 5.41) is 6.48. The number of nitrogens with two attached hydrogens (primary N) is 1. The second-order valence-corrected chi connectivity index (χ2v) is 8.07. The van der Waals surface area contributed by atoms with Crippen LogP contribution < -0.4 is 11.1 Å². The van der Waals surface area contributed by atoms with Crippen LogP contribution in [0.15, 0.2) is 10.4 Å². The van der Waals surface area contributed by atoms with Crippen molar-refractivity contribution >= 4 is 41.3 Å². The van der Waals surface area contributed by atoms with Crippen LogP contribution in [0, 0.1) is 0 Å². The fourth-order valence-corrected chi connectivity index (χ4v) is 3.47. The lowest BCUT2D eigenvalue weighted by Crippen LogP contribution is -2.37. The fourth-order valence-electron chi connectivity index (χ4n) is 2.44.